The van der Waals surface area contributed by atoms with Crippen molar-refractivity contribution in [3.8, 4) is 5.75 Å². The van der Waals surface area contributed by atoms with Gasteiger partial charge in [0.05, 0.1) is 12.3 Å². The Balaban J connectivity index is 1.84. The maximum absolute atomic E-state index is 12.8. The summed E-state index contributed by atoms with van der Waals surface area (Å²) in [6.07, 6.45) is -0.541. The molecule has 0 bridgehead atoms. The molecule has 24 heavy (non-hydrogen) atoms. The number of carbonyl (C=O) groups excluding carboxylic acids is 2. The van der Waals surface area contributed by atoms with Crippen LogP contribution in [0.15, 0.2) is 33.9 Å². The van der Waals surface area contributed by atoms with Crippen LogP contribution >= 0.6 is 11.8 Å². The van der Waals surface area contributed by atoms with Gasteiger partial charge in [-0.25, -0.2) is 4.39 Å². The van der Waals surface area contributed by atoms with E-state index >= 15 is 0 Å². The fraction of sp³-hybridized carbons (Fsp3) is 0.286. The van der Waals surface area contributed by atoms with E-state index in [1.165, 1.54) is 24.3 Å². The second kappa shape index (κ2) is 8.29. The molecule has 1 aromatic heterocycles. The first-order valence-electron chi connectivity index (χ1n) is 6.87. The number of aromatic nitrogens is 2. The minimum atomic E-state index is -0.625. The first-order valence-corrected chi connectivity index (χ1v) is 7.86. The number of nitrogens with one attached hydrogen (secondary N) is 1. The van der Waals surface area contributed by atoms with Crippen LogP contribution < -0.4 is 15.8 Å². The Morgan fingerprint density at radius 3 is 2.75 bits per heavy atom. The molecule has 0 unspecified atom stereocenters. The van der Waals surface area contributed by atoms with E-state index in [9.17, 15) is 14.0 Å². The van der Waals surface area contributed by atoms with Gasteiger partial charge in [-0.1, -0.05) is 11.8 Å². The molecule has 1 atom stereocenters. The van der Waals surface area contributed by atoms with Crippen molar-refractivity contribution in [1.82, 2.24) is 15.5 Å². The zero-order valence-corrected chi connectivity index (χ0v) is 13.5. The molecule has 0 spiro atoms. The summed E-state index contributed by atoms with van der Waals surface area (Å²) in [4.78, 5) is 22.0. The molecule has 0 radical (unpaired) electrons. The molecule has 10 heteroatoms. The molecule has 0 fully saturated rings. The summed E-state index contributed by atoms with van der Waals surface area (Å²) in [5.74, 6) is -0.681. The van der Waals surface area contributed by atoms with Crippen LogP contribution in [0.3, 0.4) is 0 Å². The molecule has 0 saturated heterocycles. The molecular weight excluding hydrogens is 339 g/mol. The van der Waals surface area contributed by atoms with Crippen LogP contribution in [0.2, 0.25) is 0 Å². The van der Waals surface area contributed by atoms with E-state index in [1.54, 1.807) is 6.92 Å². The second-order valence-electron chi connectivity index (χ2n) is 4.65. The first kappa shape index (κ1) is 17.7. The summed E-state index contributed by atoms with van der Waals surface area (Å²) >= 11 is 1.02. The van der Waals surface area contributed by atoms with Gasteiger partial charge in [-0.2, -0.15) is 0 Å². The van der Waals surface area contributed by atoms with E-state index in [2.05, 4.69) is 15.5 Å². The van der Waals surface area contributed by atoms with Crippen molar-refractivity contribution in [2.45, 2.75) is 18.3 Å². The van der Waals surface area contributed by atoms with Gasteiger partial charge in [0.25, 0.3) is 11.1 Å². The molecule has 2 amide bonds. The van der Waals surface area contributed by atoms with Gasteiger partial charge in [-0.15, -0.1) is 10.2 Å². The number of hydrogen-bond donors (Lipinski definition) is 2. The lowest BCUT2D eigenvalue weighted by molar-refractivity contribution is -0.123. The summed E-state index contributed by atoms with van der Waals surface area (Å²) < 4.78 is 23.8. The Hall–Kier alpha value is -2.62. The average molecular weight is 354 g/mol. The third kappa shape index (κ3) is 5.54. The number of primary amides is 1. The Labute approximate surface area is 140 Å². The summed E-state index contributed by atoms with van der Waals surface area (Å²) in [5.41, 5.74) is 4.92. The zero-order valence-electron chi connectivity index (χ0n) is 12.7. The van der Waals surface area contributed by atoms with E-state index in [0.717, 1.165) is 11.8 Å². The molecule has 0 aliphatic rings. The molecule has 1 aromatic carbocycles. The normalized spacial score (nSPS) is 11.8. The lowest BCUT2D eigenvalue weighted by Crippen LogP contribution is -2.34. The van der Waals surface area contributed by atoms with Gasteiger partial charge in [0.2, 0.25) is 11.8 Å². The lowest BCUT2D eigenvalue weighted by Gasteiger charge is -2.10. The second-order valence-corrected chi connectivity index (χ2v) is 5.58. The lowest BCUT2D eigenvalue weighted by atomic mass is 10.3. The maximum atomic E-state index is 12.8. The summed E-state index contributed by atoms with van der Waals surface area (Å²) in [6.45, 7) is 1.47. The van der Waals surface area contributed by atoms with Crippen molar-refractivity contribution in [2.24, 2.45) is 5.73 Å². The standard InChI is InChI=1S/C14H15FN4O4S/c1-8(22-10-4-2-9(15)3-5-10)13-18-19-14(23-13)24-7-12(21)17-6-11(16)20/h2-5,8H,6-7H2,1H3,(H2,16,20)(H,17,21)/t8-/m0/s1. The first-order chi connectivity index (χ1) is 11.4. The van der Waals surface area contributed by atoms with Crippen LogP contribution in [0, 0.1) is 5.82 Å². The van der Waals surface area contributed by atoms with Crippen molar-refractivity contribution in [3.63, 3.8) is 0 Å². The smallest absolute Gasteiger partial charge is 0.277 e. The fourth-order valence-electron chi connectivity index (χ4n) is 1.57. The van der Waals surface area contributed by atoms with Gasteiger partial charge in [0, 0.05) is 0 Å². The summed E-state index contributed by atoms with van der Waals surface area (Å²) in [7, 11) is 0. The number of halogens is 1. The number of hydrogen-bond acceptors (Lipinski definition) is 7. The molecule has 2 rings (SSSR count). The van der Waals surface area contributed by atoms with Gasteiger partial charge < -0.3 is 20.2 Å². The largest absolute Gasteiger partial charge is 0.481 e. The van der Waals surface area contributed by atoms with Gasteiger partial charge in [0.1, 0.15) is 11.6 Å². The number of benzene rings is 1. The minimum absolute atomic E-state index is 0.00210. The number of thioether (sulfide) groups is 1. The summed E-state index contributed by atoms with van der Waals surface area (Å²) in [6, 6.07) is 5.53. The van der Waals surface area contributed by atoms with Crippen LogP contribution in [-0.2, 0) is 9.59 Å². The summed E-state index contributed by atoms with van der Waals surface area (Å²) in [5, 5.41) is 10.2. The highest BCUT2D eigenvalue weighted by Gasteiger charge is 2.17. The van der Waals surface area contributed by atoms with Crippen LogP contribution in [0.1, 0.15) is 18.9 Å². The van der Waals surface area contributed by atoms with E-state index in [0.29, 0.717) is 5.75 Å². The van der Waals surface area contributed by atoms with Crippen LogP contribution in [0.4, 0.5) is 4.39 Å². The van der Waals surface area contributed by atoms with Crippen molar-refractivity contribution in [1.29, 1.82) is 0 Å². The zero-order chi connectivity index (χ0) is 17.5. The highest BCUT2D eigenvalue weighted by atomic mass is 32.2. The number of amides is 2. The van der Waals surface area contributed by atoms with Crippen molar-refractivity contribution >= 4 is 23.6 Å². The van der Waals surface area contributed by atoms with E-state index < -0.39 is 12.0 Å². The minimum Gasteiger partial charge on any atom is -0.481 e. The molecule has 3 N–H and O–H groups in total. The van der Waals surface area contributed by atoms with Gasteiger partial charge in [-0.3, -0.25) is 9.59 Å². The topological polar surface area (TPSA) is 120 Å². The van der Waals surface area contributed by atoms with Gasteiger partial charge in [0.15, 0.2) is 6.10 Å². The molecule has 128 valence electrons. The third-order valence-corrected chi connectivity index (χ3v) is 3.50. The van der Waals surface area contributed by atoms with Crippen LogP contribution in [0.5, 0.6) is 5.75 Å². The molecule has 0 aliphatic heterocycles. The van der Waals surface area contributed by atoms with Gasteiger partial charge >= 0.3 is 0 Å². The number of ether oxygens (including phenoxy) is 1. The third-order valence-electron chi connectivity index (χ3n) is 2.68. The highest BCUT2D eigenvalue weighted by molar-refractivity contribution is 7.99. The Morgan fingerprint density at radius 2 is 2.08 bits per heavy atom. The maximum Gasteiger partial charge on any atom is 0.277 e. The Kier molecular flexibility index (Phi) is 6.13. The number of nitrogens with two attached hydrogens (primary N) is 1. The number of rotatable bonds is 8. The Bertz CT molecular complexity index is 707. The van der Waals surface area contributed by atoms with Crippen molar-refractivity contribution in [3.05, 3.63) is 36.0 Å². The molecular formula is C14H15FN4O4S. The van der Waals surface area contributed by atoms with E-state index in [-0.39, 0.29) is 35.1 Å². The quantitative estimate of drug-likeness (QED) is 0.680. The molecule has 2 aromatic rings. The number of carbonyl (C=O) groups is 2. The fourth-order valence-corrected chi connectivity index (χ4v) is 2.17. The Morgan fingerprint density at radius 1 is 1.38 bits per heavy atom. The van der Waals surface area contributed by atoms with Crippen molar-refractivity contribution < 1.29 is 23.1 Å². The van der Waals surface area contributed by atoms with Crippen LogP contribution in [0.25, 0.3) is 0 Å². The van der Waals surface area contributed by atoms with Crippen molar-refractivity contribution in [2.75, 3.05) is 12.3 Å². The average Bonchev–Trinajstić information content (AvgIpc) is 3.02. The molecule has 1 heterocycles. The molecule has 8 nitrogen and oxygen atoms in total. The predicted molar refractivity (Wildman–Crippen MR) is 82.7 cm³/mol. The monoisotopic (exact) mass is 354 g/mol. The predicted octanol–water partition coefficient (Wildman–Crippen LogP) is 1.04. The highest BCUT2D eigenvalue weighted by Crippen LogP contribution is 2.23. The SMILES string of the molecule is C[C@H](Oc1ccc(F)cc1)c1nnc(SCC(=O)NCC(N)=O)o1. The number of nitrogens with zero attached hydrogens (tertiary/aromatic N) is 2. The molecule has 0 saturated carbocycles. The van der Waals surface area contributed by atoms with Crippen LogP contribution in [-0.4, -0.2) is 34.3 Å². The van der Waals surface area contributed by atoms with E-state index in [4.69, 9.17) is 14.9 Å². The van der Waals surface area contributed by atoms with Gasteiger partial charge in [-0.05, 0) is 31.2 Å². The molecule has 0 aliphatic carbocycles. The van der Waals surface area contributed by atoms with E-state index in [1.807, 2.05) is 0 Å².